The minimum absolute atomic E-state index is 0.616. The van der Waals surface area contributed by atoms with Crippen LogP contribution in [-0.4, -0.2) is 33.6 Å². The molecule has 0 fully saturated rings. The molecule has 0 aliphatic carbocycles. The normalized spacial score (nSPS) is 11.6. The van der Waals surface area contributed by atoms with Crippen molar-refractivity contribution in [2.24, 2.45) is 4.99 Å². The molecule has 114 valence electrons. The van der Waals surface area contributed by atoms with Crippen LogP contribution < -0.4 is 10.6 Å². The SMILES string of the molecule is CCNC(=NCc1ncc(CC)s1)NCCn1ccnc1. The fourth-order valence-electron chi connectivity index (χ4n) is 1.80. The van der Waals surface area contributed by atoms with Crippen molar-refractivity contribution in [2.75, 3.05) is 13.1 Å². The highest BCUT2D eigenvalue weighted by molar-refractivity contribution is 7.11. The molecular formula is C14H22N6S. The Morgan fingerprint density at radius 2 is 2.29 bits per heavy atom. The molecule has 0 radical (unpaired) electrons. The smallest absolute Gasteiger partial charge is 0.191 e. The average molecular weight is 306 g/mol. The lowest BCUT2D eigenvalue weighted by Crippen LogP contribution is -2.38. The van der Waals surface area contributed by atoms with Gasteiger partial charge in [-0.05, 0) is 13.3 Å². The van der Waals surface area contributed by atoms with E-state index in [1.807, 2.05) is 23.3 Å². The monoisotopic (exact) mass is 306 g/mol. The van der Waals surface area contributed by atoms with Crippen molar-refractivity contribution < 1.29 is 0 Å². The average Bonchev–Trinajstić information content (AvgIpc) is 3.16. The van der Waals surface area contributed by atoms with Gasteiger partial charge in [-0.15, -0.1) is 11.3 Å². The third-order valence-electron chi connectivity index (χ3n) is 2.89. The first kappa shape index (κ1) is 15.5. The van der Waals surface area contributed by atoms with Gasteiger partial charge in [-0.2, -0.15) is 0 Å². The van der Waals surface area contributed by atoms with Gasteiger partial charge in [-0.25, -0.2) is 15.0 Å². The number of hydrogen-bond donors (Lipinski definition) is 2. The standard InChI is InChI=1S/C14H22N6S/c1-3-12-9-18-13(21-12)10-19-14(16-4-2)17-6-8-20-7-5-15-11-20/h5,7,9,11H,3-4,6,8,10H2,1-2H3,(H2,16,17,19). The maximum Gasteiger partial charge on any atom is 0.191 e. The Labute approximate surface area is 129 Å². The van der Waals surface area contributed by atoms with Crippen molar-refractivity contribution in [2.45, 2.75) is 33.4 Å². The molecule has 0 aliphatic rings. The number of nitrogens with one attached hydrogen (secondary N) is 2. The Kier molecular flexibility index (Phi) is 6.21. The first-order valence-electron chi connectivity index (χ1n) is 7.23. The number of imidazole rings is 1. The van der Waals surface area contributed by atoms with Crippen LogP contribution in [0.25, 0.3) is 0 Å². The number of nitrogens with zero attached hydrogens (tertiary/aromatic N) is 4. The molecule has 0 aliphatic heterocycles. The number of aryl methyl sites for hydroxylation is 1. The fraction of sp³-hybridized carbons (Fsp3) is 0.500. The Morgan fingerprint density at radius 3 is 2.95 bits per heavy atom. The molecule has 0 saturated heterocycles. The highest BCUT2D eigenvalue weighted by Gasteiger charge is 2.01. The third-order valence-corrected chi connectivity index (χ3v) is 4.01. The summed E-state index contributed by atoms with van der Waals surface area (Å²) in [6.45, 7) is 7.33. The van der Waals surface area contributed by atoms with Crippen LogP contribution in [0.15, 0.2) is 29.9 Å². The fourth-order valence-corrected chi connectivity index (χ4v) is 2.58. The van der Waals surface area contributed by atoms with Gasteiger partial charge in [-0.3, -0.25) is 0 Å². The van der Waals surface area contributed by atoms with Crippen molar-refractivity contribution in [3.8, 4) is 0 Å². The zero-order chi connectivity index (χ0) is 14.9. The van der Waals surface area contributed by atoms with Crippen molar-refractivity contribution in [1.82, 2.24) is 25.2 Å². The third kappa shape index (κ3) is 5.18. The number of guanidine groups is 1. The Hall–Kier alpha value is -1.89. The van der Waals surface area contributed by atoms with Gasteiger partial charge in [0.15, 0.2) is 5.96 Å². The lowest BCUT2D eigenvalue weighted by Gasteiger charge is -2.11. The van der Waals surface area contributed by atoms with Gasteiger partial charge in [0.25, 0.3) is 0 Å². The van der Waals surface area contributed by atoms with E-state index in [0.29, 0.717) is 6.54 Å². The predicted octanol–water partition coefficient (Wildman–Crippen LogP) is 1.66. The lowest BCUT2D eigenvalue weighted by molar-refractivity contribution is 0.662. The van der Waals surface area contributed by atoms with Crippen LogP contribution in [0.5, 0.6) is 0 Å². The van der Waals surface area contributed by atoms with Crippen LogP contribution in [0, 0.1) is 0 Å². The van der Waals surface area contributed by atoms with Gasteiger partial charge in [-0.1, -0.05) is 6.92 Å². The molecule has 0 bridgehead atoms. The number of aliphatic imine (C=N–C) groups is 1. The van der Waals surface area contributed by atoms with Gasteiger partial charge in [0.1, 0.15) is 5.01 Å². The first-order valence-corrected chi connectivity index (χ1v) is 8.05. The number of aromatic nitrogens is 3. The lowest BCUT2D eigenvalue weighted by atomic mass is 10.4. The highest BCUT2D eigenvalue weighted by atomic mass is 32.1. The van der Waals surface area contributed by atoms with Gasteiger partial charge >= 0.3 is 0 Å². The topological polar surface area (TPSA) is 67.1 Å². The van der Waals surface area contributed by atoms with Gasteiger partial charge < -0.3 is 15.2 Å². The van der Waals surface area contributed by atoms with E-state index >= 15 is 0 Å². The summed E-state index contributed by atoms with van der Waals surface area (Å²) in [6.07, 6.45) is 8.52. The molecule has 0 spiro atoms. The van der Waals surface area contributed by atoms with Crippen LogP contribution >= 0.6 is 11.3 Å². The number of thiazole rings is 1. The van der Waals surface area contributed by atoms with E-state index in [1.54, 1.807) is 17.5 Å². The molecule has 2 aromatic rings. The largest absolute Gasteiger partial charge is 0.357 e. The van der Waals surface area contributed by atoms with Crippen LogP contribution in [0.1, 0.15) is 23.7 Å². The molecule has 0 atom stereocenters. The van der Waals surface area contributed by atoms with Crippen LogP contribution in [-0.2, 0) is 19.5 Å². The molecule has 7 heteroatoms. The van der Waals surface area contributed by atoms with Crippen molar-refractivity contribution in [3.63, 3.8) is 0 Å². The molecule has 2 aromatic heterocycles. The van der Waals surface area contributed by atoms with E-state index in [-0.39, 0.29) is 0 Å². The summed E-state index contributed by atoms with van der Waals surface area (Å²) in [4.78, 5) is 14.3. The van der Waals surface area contributed by atoms with E-state index in [1.165, 1.54) is 4.88 Å². The molecule has 0 amide bonds. The molecule has 2 N–H and O–H groups in total. The van der Waals surface area contributed by atoms with E-state index in [0.717, 1.165) is 37.0 Å². The maximum atomic E-state index is 4.57. The number of hydrogen-bond acceptors (Lipinski definition) is 4. The summed E-state index contributed by atoms with van der Waals surface area (Å²) in [6, 6.07) is 0. The summed E-state index contributed by atoms with van der Waals surface area (Å²) in [5, 5.41) is 7.62. The zero-order valence-corrected chi connectivity index (χ0v) is 13.4. The summed E-state index contributed by atoms with van der Waals surface area (Å²) < 4.78 is 2.03. The highest BCUT2D eigenvalue weighted by Crippen LogP contribution is 2.13. The minimum atomic E-state index is 0.616. The molecular weight excluding hydrogens is 284 g/mol. The Balaban J connectivity index is 1.83. The molecule has 2 rings (SSSR count). The minimum Gasteiger partial charge on any atom is -0.357 e. The quantitative estimate of drug-likeness (QED) is 0.603. The van der Waals surface area contributed by atoms with Crippen molar-refractivity contribution >= 4 is 17.3 Å². The predicted molar refractivity (Wildman–Crippen MR) is 86.5 cm³/mol. The molecule has 6 nitrogen and oxygen atoms in total. The summed E-state index contributed by atoms with van der Waals surface area (Å²) in [5.41, 5.74) is 0. The van der Waals surface area contributed by atoms with Gasteiger partial charge in [0.05, 0.1) is 12.9 Å². The van der Waals surface area contributed by atoms with Crippen LogP contribution in [0.3, 0.4) is 0 Å². The zero-order valence-electron chi connectivity index (χ0n) is 12.5. The second-order valence-corrected chi connectivity index (χ2v) is 5.70. The molecule has 0 saturated carbocycles. The number of rotatable bonds is 7. The molecule has 2 heterocycles. The summed E-state index contributed by atoms with van der Waals surface area (Å²) in [5.74, 6) is 0.825. The second-order valence-electron chi connectivity index (χ2n) is 4.50. The maximum absolute atomic E-state index is 4.57. The van der Waals surface area contributed by atoms with E-state index < -0.39 is 0 Å². The van der Waals surface area contributed by atoms with Crippen LogP contribution in [0.2, 0.25) is 0 Å². The van der Waals surface area contributed by atoms with Crippen molar-refractivity contribution in [1.29, 1.82) is 0 Å². The first-order chi connectivity index (χ1) is 10.3. The van der Waals surface area contributed by atoms with Gasteiger partial charge in [0.2, 0.25) is 0 Å². The molecule has 0 unspecified atom stereocenters. The molecule has 21 heavy (non-hydrogen) atoms. The van der Waals surface area contributed by atoms with E-state index in [4.69, 9.17) is 0 Å². The van der Waals surface area contributed by atoms with E-state index in [2.05, 4.69) is 39.4 Å². The summed E-state index contributed by atoms with van der Waals surface area (Å²) in [7, 11) is 0. The van der Waals surface area contributed by atoms with Crippen LogP contribution in [0.4, 0.5) is 0 Å². The Morgan fingerprint density at radius 1 is 1.38 bits per heavy atom. The van der Waals surface area contributed by atoms with Crippen molar-refractivity contribution in [3.05, 3.63) is 34.8 Å². The van der Waals surface area contributed by atoms with Gasteiger partial charge in [0, 0.05) is 43.1 Å². The molecule has 0 aromatic carbocycles. The second kappa shape index (κ2) is 8.41. The Bertz CT molecular complexity index is 546. The summed E-state index contributed by atoms with van der Waals surface area (Å²) >= 11 is 1.73. The van der Waals surface area contributed by atoms with E-state index in [9.17, 15) is 0 Å².